The Kier molecular flexibility index (Phi) is 5.34. The third-order valence-corrected chi connectivity index (χ3v) is 4.60. The van der Waals surface area contributed by atoms with Crippen LogP contribution in [0.4, 0.5) is 30.6 Å². The molecule has 0 atom stereocenters. The van der Waals surface area contributed by atoms with Gasteiger partial charge in [-0.2, -0.15) is 18.2 Å². The molecule has 26 heavy (non-hydrogen) atoms. The van der Waals surface area contributed by atoms with Gasteiger partial charge in [-0.15, -0.1) is 0 Å². The van der Waals surface area contributed by atoms with Crippen LogP contribution >= 0.6 is 0 Å². The Balaban J connectivity index is 1.87. The number of hydrogen-bond donors (Lipinski definition) is 2. The summed E-state index contributed by atoms with van der Waals surface area (Å²) in [6.07, 6.45) is 0.130. The largest absolute Gasteiger partial charge is 0.421 e. The molecule has 1 aromatic heterocycles. The van der Waals surface area contributed by atoms with Gasteiger partial charge in [-0.25, -0.2) is 4.98 Å². The van der Waals surface area contributed by atoms with Gasteiger partial charge in [-0.1, -0.05) is 38.8 Å². The summed E-state index contributed by atoms with van der Waals surface area (Å²) in [5, 5.41) is 5.97. The Labute approximate surface area is 151 Å². The highest BCUT2D eigenvalue weighted by Gasteiger charge is 2.36. The van der Waals surface area contributed by atoms with Crippen LogP contribution in [0.3, 0.4) is 0 Å². The number of nitrogens with zero attached hydrogens (tertiary/aromatic N) is 2. The van der Waals surface area contributed by atoms with Crippen LogP contribution in [0.15, 0.2) is 30.5 Å². The second-order valence-electron chi connectivity index (χ2n) is 6.98. The van der Waals surface area contributed by atoms with E-state index in [-0.39, 0.29) is 17.8 Å². The first-order chi connectivity index (χ1) is 12.3. The van der Waals surface area contributed by atoms with Crippen LogP contribution < -0.4 is 10.6 Å². The third-order valence-electron chi connectivity index (χ3n) is 4.60. The number of aromatic nitrogens is 2. The smallest absolute Gasteiger partial charge is 0.367 e. The van der Waals surface area contributed by atoms with Crippen molar-refractivity contribution in [2.24, 2.45) is 0 Å². The monoisotopic (exact) mass is 364 g/mol. The van der Waals surface area contributed by atoms with Crippen molar-refractivity contribution in [2.75, 3.05) is 10.6 Å². The number of anilines is 3. The van der Waals surface area contributed by atoms with Crippen LogP contribution in [0.25, 0.3) is 0 Å². The van der Waals surface area contributed by atoms with E-state index in [4.69, 9.17) is 0 Å². The quantitative estimate of drug-likeness (QED) is 0.713. The number of hydrogen-bond acceptors (Lipinski definition) is 4. The topological polar surface area (TPSA) is 49.8 Å². The zero-order chi connectivity index (χ0) is 18.7. The van der Waals surface area contributed by atoms with Gasteiger partial charge in [-0.05, 0) is 36.5 Å². The van der Waals surface area contributed by atoms with Gasteiger partial charge in [0.05, 0.1) is 0 Å². The van der Waals surface area contributed by atoms with Crippen molar-refractivity contribution in [3.63, 3.8) is 0 Å². The molecule has 7 heteroatoms. The molecule has 0 saturated heterocycles. The minimum Gasteiger partial charge on any atom is -0.367 e. The summed E-state index contributed by atoms with van der Waals surface area (Å²) in [7, 11) is 0. The van der Waals surface area contributed by atoms with Crippen molar-refractivity contribution < 1.29 is 13.2 Å². The summed E-state index contributed by atoms with van der Waals surface area (Å²) < 4.78 is 39.8. The fourth-order valence-electron chi connectivity index (χ4n) is 3.13. The van der Waals surface area contributed by atoms with Gasteiger partial charge in [-0.3, -0.25) is 0 Å². The van der Waals surface area contributed by atoms with Gasteiger partial charge in [0, 0.05) is 17.9 Å². The van der Waals surface area contributed by atoms with Crippen molar-refractivity contribution in [3.8, 4) is 0 Å². The SMILES string of the molecule is CC(C)c1cccc(Nc2ncc(C(F)(F)F)c(NC3CCCC3)n2)c1. The van der Waals surface area contributed by atoms with E-state index in [9.17, 15) is 13.2 Å². The predicted octanol–water partition coefficient (Wildman–Crippen LogP) is 5.72. The van der Waals surface area contributed by atoms with Crippen LogP contribution in [0, 0.1) is 0 Å². The normalized spacial score (nSPS) is 15.5. The number of alkyl halides is 3. The maximum absolute atomic E-state index is 13.3. The van der Waals surface area contributed by atoms with Gasteiger partial charge in [0.2, 0.25) is 5.95 Å². The standard InChI is InChI=1S/C19H23F3N4/c1-12(2)13-6-5-9-15(10-13)25-18-23-11-16(19(20,21)22)17(26-18)24-14-7-3-4-8-14/h5-6,9-12,14H,3-4,7-8H2,1-2H3,(H2,23,24,25,26). The van der Waals surface area contributed by atoms with E-state index in [0.29, 0.717) is 5.92 Å². The molecule has 1 saturated carbocycles. The average Bonchev–Trinajstić information content (AvgIpc) is 3.07. The molecule has 3 rings (SSSR count). The first kappa shape index (κ1) is 18.5. The summed E-state index contributed by atoms with van der Waals surface area (Å²) >= 11 is 0. The second kappa shape index (κ2) is 7.51. The van der Waals surface area contributed by atoms with Gasteiger partial charge in [0.1, 0.15) is 11.4 Å². The molecule has 1 aliphatic carbocycles. The summed E-state index contributed by atoms with van der Waals surface area (Å²) in [5.74, 6) is 0.353. The Hall–Kier alpha value is -2.31. The van der Waals surface area contributed by atoms with E-state index in [1.807, 2.05) is 24.3 Å². The molecule has 1 aliphatic rings. The molecule has 2 N–H and O–H groups in total. The van der Waals surface area contributed by atoms with E-state index in [2.05, 4.69) is 34.4 Å². The van der Waals surface area contributed by atoms with Gasteiger partial charge in [0.15, 0.2) is 0 Å². The molecule has 0 unspecified atom stereocenters. The van der Waals surface area contributed by atoms with Gasteiger partial charge < -0.3 is 10.6 Å². The lowest BCUT2D eigenvalue weighted by Gasteiger charge is -2.18. The van der Waals surface area contributed by atoms with E-state index in [0.717, 1.165) is 43.1 Å². The number of rotatable bonds is 5. The first-order valence-electron chi connectivity index (χ1n) is 8.90. The van der Waals surface area contributed by atoms with Crippen molar-refractivity contribution in [3.05, 3.63) is 41.6 Å². The van der Waals surface area contributed by atoms with Crippen LogP contribution in [-0.2, 0) is 6.18 Å². The number of benzene rings is 1. The summed E-state index contributed by atoms with van der Waals surface area (Å²) in [6, 6.07) is 7.74. The lowest BCUT2D eigenvalue weighted by atomic mass is 10.0. The zero-order valence-corrected chi connectivity index (χ0v) is 14.9. The molecule has 0 aliphatic heterocycles. The van der Waals surface area contributed by atoms with Crippen LogP contribution in [-0.4, -0.2) is 16.0 Å². The molecule has 0 radical (unpaired) electrons. The highest BCUT2D eigenvalue weighted by Crippen LogP contribution is 2.35. The molecule has 140 valence electrons. The average molecular weight is 364 g/mol. The van der Waals surface area contributed by atoms with Crippen LogP contribution in [0.2, 0.25) is 0 Å². The molecule has 0 spiro atoms. The summed E-state index contributed by atoms with van der Waals surface area (Å²) in [6.45, 7) is 4.16. The molecule has 1 fully saturated rings. The molecule has 1 aromatic carbocycles. The molecule has 2 aromatic rings. The van der Waals surface area contributed by atoms with Gasteiger partial charge >= 0.3 is 6.18 Å². The van der Waals surface area contributed by atoms with Gasteiger partial charge in [0.25, 0.3) is 0 Å². The molecule has 0 amide bonds. The van der Waals surface area contributed by atoms with Crippen molar-refractivity contribution in [2.45, 2.75) is 57.7 Å². The van der Waals surface area contributed by atoms with Crippen molar-refractivity contribution in [1.29, 1.82) is 0 Å². The fraction of sp³-hybridized carbons (Fsp3) is 0.474. The molecule has 4 nitrogen and oxygen atoms in total. The molecular formula is C19H23F3N4. The first-order valence-corrected chi connectivity index (χ1v) is 8.90. The molecule has 1 heterocycles. The molecular weight excluding hydrogens is 341 g/mol. The Bertz CT molecular complexity index is 753. The van der Waals surface area contributed by atoms with Crippen LogP contribution in [0.1, 0.15) is 56.6 Å². The Morgan fingerprint density at radius 2 is 1.88 bits per heavy atom. The number of nitrogens with one attached hydrogen (secondary N) is 2. The van der Waals surface area contributed by atoms with E-state index < -0.39 is 11.7 Å². The van der Waals surface area contributed by atoms with Crippen molar-refractivity contribution >= 4 is 17.5 Å². The van der Waals surface area contributed by atoms with Crippen LogP contribution in [0.5, 0.6) is 0 Å². The summed E-state index contributed by atoms with van der Waals surface area (Å²) in [5.41, 5.74) is 1.06. The summed E-state index contributed by atoms with van der Waals surface area (Å²) in [4.78, 5) is 7.99. The lowest BCUT2D eigenvalue weighted by molar-refractivity contribution is -0.137. The maximum Gasteiger partial charge on any atom is 0.421 e. The zero-order valence-electron chi connectivity index (χ0n) is 14.9. The Morgan fingerprint density at radius 3 is 2.54 bits per heavy atom. The fourth-order valence-corrected chi connectivity index (χ4v) is 3.13. The maximum atomic E-state index is 13.3. The minimum atomic E-state index is -4.49. The Morgan fingerprint density at radius 1 is 1.15 bits per heavy atom. The lowest BCUT2D eigenvalue weighted by Crippen LogP contribution is -2.20. The second-order valence-corrected chi connectivity index (χ2v) is 6.98. The molecule has 0 bridgehead atoms. The highest BCUT2D eigenvalue weighted by molar-refractivity contribution is 5.58. The van der Waals surface area contributed by atoms with E-state index in [1.54, 1.807) is 0 Å². The highest BCUT2D eigenvalue weighted by atomic mass is 19.4. The number of halogens is 3. The third kappa shape index (κ3) is 4.45. The van der Waals surface area contributed by atoms with E-state index in [1.165, 1.54) is 0 Å². The minimum absolute atomic E-state index is 0.0307. The van der Waals surface area contributed by atoms with Crippen molar-refractivity contribution in [1.82, 2.24) is 9.97 Å². The predicted molar refractivity (Wildman–Crippen MR) is 96.7 cm³/mol. The van der Waals surface area contributed by atoms with E-state index >= 15 is 0 Å².